The smallest absolute Gasteiger partial charge is 0.263 e. The number of sulfonamides is 1. The van der Waals surface area contributed by atoms with E-state index in [9.17, 15) is 8.42 Å². The second-order valence-corrected chi connectivity index (χ2v) is 5.89. The van der Waals surface area contributed by atoms with Crippen LogP contribution in [0.3, 0.4) is 0 Å². The van der Waals surface area contributed by atoms with Crippen LogP contribution in [0, 0.1) is 0 Å². The van der Waals surface area contributed by atoms with Crippen LogP contribution in [0.25, 0.3) is 11.0 Å². The van der Waals surface area contributed by atoms with Gasteiger partial charge in [0.15, 0.2) is 0 Å². The molecule has 19 heavy (non-hydrogen) atoms. The summed E-state index contributed by atoms with van der Waals surface area (Å²) in [6, 6.07) is 9.85. The predicted molar refractivity (Wildman–Crippen MR) is 72.5 cm³/mol. The Kier molecular flexibility index (Phi) is 2.88. The first-order chi connectivity index (χ1) is 9.17. The molecule has 3 rings (SSSR count). The Morgan fingerprint density at radius 1 is 1.05 bits per heavy atom. The number of aromatic nitrogens is 3. The highest BCUT2D eigenvalue weighted by Crippen LogP contribution is 2.22. The predicted octanol–water partition coefficient (Wildman–Crippen LogP) is 1.89. The van der Waals surface area contributed by atoms with Crippen molar-refractivity contribution in [3.05, 3.63) is 42.6 Å². The fourth-order valence-electron chi connectivity index (χ4n) is 1.61. The summed E-state index contributed by atoms with van der Waals surface area (Å²) < 4.78 is 35.1. The zero-order chi connectivity index (χ0) is 13.3. The third kappa shape index (κ3) is 2.27. The minimum absolute atomic E-state index is 0.101. The zero-order valence-electron chi connectivity index (χ0n) is 9.52. The van der Waals surface area contributed by atoms with Crippen LogP contribution in [0.4, 0.5) is 5.82 Å². The SMILES string of the molecule is O=S(=O)(Nc1ccccn1)c1cccc2nsnc12. The van der Waals surface area contributed by atoms with E-state index in [1.807, 2.05) is 0 Å². The Morgan fingerprint density at radius 3 is 2.74 bits per heavy atom. The number of anilines is 1. The van der Waals surface area contributed by atoms with Gasteiger partial charge in [-0.1, -0.05) is 12.1 Å². The Balaban J connectivity index is 2.08. The molecule has 0 unspecified atom stereocenters. The van der Waals surface area contributed by atoms with Crippen LogP contribution in [-0.2, 0) is 10.0 Å². The molecule has 0 saturated carbocycles. The molecule has 2 heterocycles. The summed E-state index contributed by atoms with van der Waals surface area (Å²) >= 11 is 0.982. The molecule has 1 N–H and O–H groups in total. The topological polar surface area (TPSA) is 84.8 Å². The quantitative estimate of drug-likeness (QED) is 0.796. The van der Waals surface area contributed by atoms with Crippen molar-refractivity contribution in [3.8, 4) is 0 Å². The second-order valence-electron chi connectivity index (χ2n) is 3.71. The van der Waals surface area contributed by atoms with E-state index in [-0.39, 0.29) is 10.7 Å². The molecule has 3 aromatic rings. The number of pyridine rings is 1. The molecule has 0 fully saturated rings. The van der Waals surface area contributed by atoms with Crippen molar-refractivity contribution in [1.82, 2.24) is 13.7 Å². The number of benzene rings is 1. The van der Waals surface area contributed by atoms with E-state index in [0.717, 1.165) is 11.7 Å². The monoisotopic (exact) mass is 292 g/mol. The van der Waals surface area contributed by atoms with Gasteiger partial charge in [0.2, 0.25) is 0 Å². The van der Waals surface area contributed by atoms with Gasteiger partial charge in [0.05, 0.1) is 11.7 Å². The highest BCUT2D eigenvalue weighted by molar-refractivity contribution is 7.93. The summed E-state index contributed by atoms with van der Waals surface area (Å²) in [5.41, 5.74) is 0.935. The normalized spacial score (nSPS) is 11.6. The molecule has 2 aromatic heterocycles. The van der Waals surface area contributed by atoms with E-state index in [2.05, 4.69) is 18.5 Å². The van der Waals surface area contributed by atoms with E-state index < -0.39 is 10.0 Å². The van der Waals surface area contributed by atoms with Crippen molar-refractivity contribution in [3.63, 3.8) is 0 Å². The summed E-state index contributed by atoms with van der Waals surface area (Å²) in [5.74, 6) is 0.266. The summed E-state index contributed by atoms with van der Waals surface area (Å²) in [4.78, 5) is 4.03. The molecule has 0 spiro atoms. The zero-order valence-corrected chi connectivity index (χ0v) is 11.1. The average molecular weight is 292 g/mol. The molecule has 0 bridgehead atoms. The minimum atomic E-state index is -3.72. The molecule has 0 aliphatic carbocycles. The van der Waals surface area contributed by atoms with Gasteiger partial charge in [-0.2, -0.15) is 8.75 Å². The summed E-state index contributed by atoms with van der Waals surface area (Å²) in [5, 5.41) is 0. The molecule has 0 amide bonds. The Morgan fingerprint density at radius 2 is 1.95 bits per heavy atom. The van der Waals surface area contributed by atoms with E-state index >= 15 is 0 Å². The third-order valence-corrected chi connectivity index (χ3v) is 4.37. The van der Waals surface area contributed by atoms with Crippen molar-refractivity contribution < 1.29 is 8.42 Å². The first-order valence-corrected chi connectivity index (χ1v) is 7.53. The Hall–Kier alpha value is -2.06. The van der Waals surface area contributed by atoms with Crippen LogP contribution in [0.1, 0.15) is 0 Å². The van der Waals surface area contributed by atoms with Gasteiger partial charge < -0.3 is 0 Å². The number of fused-ring (bicyclic) bond motifs is 1. The van der Waals surface area contributed by atoms with Crippen LogP contribution >= 0.6 is 11.7 Å². The second kappa shape index (κ2) is 4.56. The lowest BCUT2D eigenvalue weighted by Crippen LogP contribution is -2.14. The molecule has 0 atom stereocenters. The number of nitrogens with one attached hydrogen (secondary N) is 1. The van der Waals surface area contributed by atoms with Crippen LogP contribution in [-0.4, -0.2) is 22.1 Å². The molecule has 0 aliphatic heterocycles. The van der Waals surface area contributed by atoms with Crippen molar-refractivity contribution in [2.45, 2.75) is 4.90 Å². The van der Waals surface area contributed by atoms with E-state index in [0.29, 0.717) is 11.0 Å². The third-order valence-electron chi connectivity index (χ3n) is 2.44. The molecule has 0 aliphatic rings. The molecule has 6 nitrogen and oxygen atoms in total. The van der Waals surface area contributed by atoms with Gasteiger partial charge in [-0.05, 0) is 24.3 Å². The summed E-state index contributed by atoms with van der Waals surface area (Å²) in [6.45, 7) is 0. The lowest BCUT2D eigenvalue weighted by Gasteiger charge is -2.06. The molecule has 0 saturated heterocycles. The standard InChI is InChI=1S/C11H8N4O2S2/c16-19(17,15-10-6-1-2-7-12-10)9-5-3-4-8-11(9)14-18-13-8/h1-7H,(H,12,15). The molecule has 0 radical (unpaired) electrons. The van der Waals surface area contributed by atoms with Gasteiger partial charge in [-0.15, -0.1) is 0 Å². The fourth-order valence-corrected chi connectivity index (χ4v) is 3.39. The van der Waals surface area contributed by atoms with Crippen LogP contribution < -0.4 is 4.72 Å². The molecular formula is C11H8N4O2S2. The molecular weight excluding hydrogens is 284 g/mol. The van der Waals surface area contributed by atoms with E-state index in [4.69, 9.17) is 0 Å². The first-order valence-electron chi connectivity index (χ1n) is 5.32. The maximum Gasteiger partial charge on any atom is 0.265 e. The van der Waals surface area contributed by atoms with E-state index in [1.165, 1.54) is 12.3 Å². The van der Waals surface area contributed by atoms with Crippen molar-refractivity contribution in [2.24, 2.45) is 0 Å². The minimum Gasteiger partial charge on any atom is -0.263 e. The maximum absolute atomic E-state index is 12.3. The number of rotatable bonds is 3. The van der Waals surface area contributed by atoms with Gasteiger partial charge in [0, 0.05) is 6.20 Å². The maximum atomic E-state index is 12.3. The highest BCUT2D eigenvalue weighted by Gasteiger charge is 2.19. The first kappa shape index (κ1) is 12.0. The van der Waals surface area contributed by atoms with Crippen molar-refractivity contribution >= 4 is 38.6 Å². The number of hydrogen-bond acceptors (Lipinski definition) is 6. The van der Waals surface area contributed by atoms with Crippen LogP contribution in [0.2, 0.25) is 0 Å². The Labute approximate surface area is 113 Å². The van der Waals surface area contributed by atoms with Gasteiger partial charge in [0.1, 0.15) is 21.7 Å². The number of nitrogens with zero attached hydrogens (tertiary/aromatic N) is 3. The molecule has 1 aromatic carbocycles. The summed E-state index contributed by atoms with van der Waals surface area (Å²) in [7, 11) is -3.72. The summed E-state index contributed by atoms with van der Waals surface area (Å²) in [6.07, 6.45) is 1.52. The average Bonchev–Trinajstić information content (AvgIpc) is 2.87. The van der Waals surface area contributed by atoms with Gasteiger partial charge in [0.25, 0.3) is 10.0 Å². The largest absolute Gasteiger partial charge is 0.265 e. The molecule has 96 valence electrons. The van der Waals surface area contributed by atoms with E-state index in [1.54, 1.807) is 30.3 Å². The van der Waals surface area contributed by atoms with Crippen molar-refractivity contribution in [1.29, 1.82) is 0 Å². The van der Waals surface area contributed by atoms with Crippen molar-refractivity contribution in [2.75, 3.05) is 4.72 Å². The highest BCUT2D eigenvalue weighted by atomic mass is 32.2. The van der Waals surface area contributed by atoms with Crippen LogP contribution in [0.5, 0.6) is 0 Å². The molecule has 8 heteroatoms. The fraction of sp³-hybridized carbons (Fsp3) is 0. The lowest BCUT2D eigenvalue weighted by atomic mass is 10.3. The van der Waals surface area contributed by atoms with Gasteiger partial charge in [-0.3, -0.25) is 4.72 Å². The van der Waals surface area contributed by atoms with Gasteiger partial charge >= 0.3 is 0 Å². The van der Waals surface area contributed by atoms with Crippen LogP contribution in [0.15, 0.2) is 47.5 Å². The van der Waals surface area contributed by atoms with Gasteiger partial charge in [-0.25, -0.2) is 13.4 Å². The Bertz CT molecular complexity index is 815. The number of hydrogen-bond donors (Lipinski definition) is 1. The lowest BCUT2D eigenvalue weighted by molar-refractivity contribution is 0.602.